The highest BCUT2D eigenvalue weighted by molar-refractivity contribution is 6.00. The molecular formula is C13H15N5O. The van der Waals surface area contributed by atoms with E-state index in [0.717, 1.165) is 22.5 Å². The zero-order valence-electron chi connectivity index (χ0n) is 11.1. The van der Waals surface area contributed by atoms with Crippen LogP contribution >= 0.6 is 0 Å². The van der Waals surface area contributed by atoms with Gasteiger partial charge in [-0.05, 0) is 48.9 Å². The summed E-state index contributed by atoms with van der Waals surface area (Å²) < 4.78 is 1.54. The van der Waals surface area contributed by atoms with Gasteiger partial charge in [0.05, 0.1) is 5.69 Å². The molecule has 19 heavy (non-hydrogen) atoms. The fraction of sp³-hybridized carbons (Fsp3) is 0.231. The summed E-state index contributed by atoms with van der Waals surface area (Å²) >= 11 is 0. The van der Waals surface area contributed by atoms with Crippen LogP contribution < -0.4 is 5.32 Å². The predicted octanol–water partition coefficient (Wildman–Crippen LogP) is 1.88. The van der Waals surface area contributed by atoms with Gasteiger partial charge in [0.15, 0.2) is 0 Å². The number of carbonyl (C=O) groups is 1. The van der Waals surface area contributed by atoms with Gasteiger partial charge in [0.25, 0.3) is 0 Å². The number of tetrazole rings is 1. The fourth-order valence-electron chi connectivity index (χ4n) is 1.60. The van der Waals surface area contributed by atoms with Crippen LogP contribution in [0.25, 0.3) is 5.69 Å². The predicted molar refractivity (Wildman–Crippen MR) is 72.0 cm³/mol. The van der Waals surface area contributed by atoms with Crippen molar-refractivity contribution < 1.29 is 4.79 Å². The van der Waals surface area contributed by atoms with Gasteiger partial charge in [-0.25, -0.2) is 4.68 Å². The lowest BCUT2D eigenvalue weighted by atomic mass is 10.1. The molecule has 1 N–H and O–H groups in total. The first-order chi connectivity index (χ1) is 9.06. The maximum Gasteiger partial charge on any atom is 0.248 e. The van der Waals surface area contributed by atoms with E-state index < -0.39 is 0 Å². The molecule has 6 nitrogen and oxygen atoms in total. The van der Waals surface area contributed by atoms with Crippen LogP contribution in [-0.2, 0) is 4.79 Å². The van der Waals surface area contributed by atoms with Gasteiger partial charge in [-0.1, -0.05) is 11.6 Å². The molecule has 1 aromatic carbocycles. The average molecular weight is 257 g/mol. The molecule has 1 amide bonds. The van der Waals surface area contributed by atoms with E-state index >= 15 is 0 Å². The van der Waals surface area contributed by atoms with Crippen molar-refractivity contribution in [2.24, 2.45) is 0 Å². The molecule has 0 unspecified atom stereocenters. The molecule has 0 aliphatic carbocycles. The van der Waals surface area contributed by atoms with E-state index in [9.17, 15) is 4.79 Å². The summed E-state index contributed by atoms with van der Waals surface area (Å²) in [5, 5.41) is 13.8. The van der Waals surface area contributed by atoms with E-state index in [4.69, 9.17) is 0 Å². The van der Waals surface area contributed by atoms with Crippen LogP contribution in [0.15, 0.2) is 36.2 Å². The maximum atomic E-state index is 11.7. The zero-order valence-corrected chi connectivity index (χ0v) is 11.1. The zero-order chi connectivity index (χ0) is 13.8. The highest BCUT2D eigenvalue weighted by Gasteiger charge is 2.05. The molecule has 0 fully saturated rings. The Morgan fingerprint density at radius 1 is 1.37 bits per heavy atom. The molecule has 0 saturated heterocycles. The second kappa shape index (κ2) is 5.43. The van der Waals surface area contributed by atoms with E-state index in [2.05, 4.69) is 20.8 Å². The number of aryl methyl sites for hydroxylation is 1. The van der Waals surface area contributed by atoms with Crippen LogP contribution in [0, 0.1) is 6.92 Å². The third-order valence-electron chi connectivity index (χ3n) is 2.51. The Labute approximate surface area is 111 Å². The summed E-state index contributed by atoms with van der Waals surface area (Å²) in [6.45, 7) is 5.69. The summed E-state index contributed by atoms with van der Waals surface area (Å²) in [4.78, 5) is 11.7. The molecule has 0 spiro atoms. The Bertz CT molecular complexity index is 612. The number of anilines is 1. The molecule has 6 heteroatoms. The van der Waals surface area contributed by atoms with Crippen LogP contribution in [0.2, 0.25) is 0 Å². The molecule has 2 aromatic rings. The second-order valence-electron chi connectivity index (χ2n) is 4.46. The molecule has 0 aliphatic rings. The van der Waals surface area contributed by atoms with Gasteiger partial charge < -0.3 is 5.32 Å². The number of hydrogen-bond donors (Lipinski definition) is 1. The monoisotopic (exact) mass is 257 g/mol. The number of rotatable bonds is 3. The van der Waals surface area contributed by atoms with Crippen LogP contribution in [0.5, 0.6) is 0 Å². The first-order valence-electron chi connectivity index (χ1n) is 5.86. The van der Waals surface area contributed by atoms with Gasteiger partial charge in [-0.3, -0.25) is 4.79 Å². The summed E-state index contributed by atoms with van der Waals surface area (Å²) in [6, 6.07) is 5.64. The number of benzene rings is 1. The molecule has 1 aromatic heterocycles. The number of amides is 1. The number of aromatic nitrogens is 4. The molecule has 0 saturated carbocycles. The molecule has 98 valence electrons. The first kappa shape index (κ1) is 12.9. The standard InChI is InChI=1S/C13H15N5O/c1-9(2)6-13(19)15-12-7-11(5-4-10(12)3)18-8-14-16-17-18/h4-8H,1-3H3,(H,15,19). The van der Waals surface area contributed by atoms with Gasteiger partial charge >= 0.3 is 0 Å². The summed E-state index contributed by atoms with van der Waals surface area (Å²) in [5.41, 5.74) is 3.47. The van der Waals surface area contributed by atoms with Gasteiger partial charge in [-0.2, -0.15) is 0 Å². The Kier molecular flexibility index (Phi) is 3.70. The fourth-order valence-corrected chi connectivity index (χ4v) is 1.60. The normalized spacial score (nSPS) is 10.1. The van der Waals surface area contributed by atoms with Crippen LogP contribution in [0.1, 0.15) is 19.4 Å². The first-order valence-corrected chi connectivity index (χ1v) is 5.86. The highest BCUT2D eigenvalue weighted by atomic mass is 16.1. The van der Waals surface area contributed by atoms with Crippen molar-refractivity contribution in [2.75, 3.05) is 5.32 Å². The molecule has 0 bridgehead atoms. The van der Waals surface area contributed by atoms with Crippen LogP contribution in [-0.4, -0.2) is 26.1 Å². The largest absolute Gasteiger partial charge is 0.322 e. The lowest BCUT2D eigenvalue weighted by Gasteiger charge is -2.09. The van der Waals surface area contributed by atoms with Crippen LogP contribution in [0.4, 0.5) is 5.69 Å². The molecule has 0 radical (unpaired) electrons. The number of hydrogen-bond acceptors (Lipinski definition) is 4. The van der Waals surface area contributed by atoms with Crippen molar-refractivity contribution in [3.8, 4) is 5.69 Å². The maximum absolute atomic E-state index is 11.7. The lowest BCUT2D eigenvalue weighted by molar-refractivity contribution is -0.111. The van der Waals surface area contributed by atoms with Crippen molar-refractivity contribution in [1.82, 2.24) is 20.2 Å². The number of allylic oxidation sites excluding steroid dienone is 1. The summed E-state index contributed by atoms with van der Waals surface area (Å²) in [6.07, 6.45) is 3.06. The third-order valence-corrected chi connectivity index (χ3v) is 2.51. The van der Waals surface area contributed by atoms with Gasteiger partial charge in [0.2, 0.25) is 5.91 Å². The average Bonchev–Trinajstić information content (AvgIpc) is 2.84. The molecular weight excluding hydrogens is 242 g/mol. The number of nitrogens with one attached hydrogen (secondary N) is 1. The third kappa shape index (κ3) is 3.25. The van der Waals surface area contributed by atoms with Crippen molar-refractivity contribution in [3.63, 3.8) is 0 Å². The summed E-state index contributed by atoms with van der Waals surface area (Å²) in [7, 11) is 0. The minimum atomic E-state index is -0.142. The van der Waals surface area contributed by atoms with Crippen molar-refractivity contribution in [3.05, 3.63) is 41.7 Å². The second-order valence-corrected chi connectivity index (χ2v) is 4.46. The van der Waals surface area contributed by atoms with E-state index in [-0.39, 0.29) is 5.91 Å². The molecule has 2 rings (SSSR count). The SMILES string of the molecule is CC(C)=CC(=O)Nc1cc(-n2cnnn2)ccc1C. The van der Waals surface area contributed by atoms with Gasteiger partial charge in [0.1, 0.15) is 6.33 Å². The molecule has 0 atom stereocenters. The van der Waals surface area contributed by atoms with Crippen LogP contribution in [0.3, 0.4) is 0 Å². The number of nitrogens with zero attached hydrogens (tertiary/aromatic N) is 4. The topological polar surface area (TPSA) is 72.7 Å². The minimum absolute atomic E-state index is 0.142. The van der Waals surface area contributed by atoms with Crippen molar-refractivity contribution in [1.29, 1.82) is 0 Å². The Hall–Kier alpha value is -2.50. The quantitative estimate of drug-likeness (QED) is 0.852. The van der Waals surface area contributed by atoms with E-state index in [1.807, 2.05) is 39.0 Å². The Balaban J connectivity index is 2.28. The van der Waals surface area contributed by atoms with Crippen molar-refractivity contribution >= 4 is 11.6 Å². The van der Waals surface area contributed by atoms with Crippen molar-refractivity contribution in [2.45, 2.75) is 20.8 Å². The van der Waals surface area contributed by atoms with Gasteiger partial charge in [0, 0.05) is 11.8 Å². The van der Waals surface area contributed by atoms with E-state index in [1.165, 1.54) is 11.0 Å². The highest BCUT2D eigenvalue weighted by Crippen LogP contribution is 2.19. The van der Waals surface area contributed by atoms with E-state index in [1.54, 1.807) is 6.08 Å². The Morgan fingerprint density at radius 3 is 2.79 bits per heavy atom. The Morgan fingerprint density at radius 2 is 2.16 bits per heavy atom. The number of carbonyl (C=O) groups excluding carboxylic acids is 1. The van der Waals surface area contributed by atoms with E-state index in [0.29, 0.717) is 0 Å². The summed E-state index contributed by atoms with van der Waals surface area (Å²) in [5.74, 6) is -0.142. The molecule has 1 heterocycles. The minimum Gasteiger partial charge on any atom is -0.322 e. The van der Waals surface area contributed by atoms with Gasteiger partial charge in [-0.15, -0.1) is 5.10 Å². The smallest absolute Gasteiger partial charge is 0.248 e. The molecule has 0 aliphatic heterocycles. The lowest BCUT2D eigenvalue weighted by Crippen LogP contribution is -2.10.